The summed E-state index contributed by atoms with van der Waals surface area (Å²) < 4.78 is 12.8. The highest BCUT2D eigenvalue weighted by Gasteiger charge is 2.27. The third-order valence-electron chi connectivity index (χ3n) is 6.85. The second-order valence-electron chi connectivity index (χ2n) is 9.12. The summed E-state index contributed by atoms with van der Waals surface area (Å²) in [5.41, 5.74) is 4.57. The maximum absolute atomic E-state index is 13.7. The average Bonchev–Trinajstić information content (AvgIpc) is 3.49. The van der Waals surface area contributed by atoms with Gasteiger partial charge in [-0.15, -0.1) is 0 Å². The predicted octanol–water partition coefficient (Wildman–Crippen LogP) is 4.03. The van der Waals surface area contributed by atoms with E-state index in [1.165, 1.54) is 5.56 Å². The molecule has 2 amide bonds. The summed E-state index contributed by atoms with van der Waals surface area (Å²) in [7, 11) is 1.70. The highest BCUT2D eigenvalue weighted by molar-refractivity contribution is 5.99. The van der Waals surface area contributed by atoms with E-state index in [0.29, 0.717) is 23.6 Å². The van der Waals surface area contributed by atoms with Crippen molar-refractivity contribution in [3.8, 4) is 11.5 Å². The number of carbonyl (C=O) groups excluding carboxylic acids is 2. The fraction of sp³-hybridized carbons (Fsp3) is 0.276. The van der Waals surface area contributed by atoms with Crippen LogP contribution in [0.4, 0.5) is 5.69 Å². The lowest BCUT2D eigenvalue weighted by atomic mass is 10.0. The van der Waals surface area contributed by atoms with Crippen molar-refractivity contribution in [1.29, 1.82) is 0 Å². The average molecular weight is 499 g/mol. The van der Waals surface area contributed by atoms with Crippen LogP contribution in [0.1, 0.15) is 23.7 Å². The molecule has 3 heterocycles. The molecule has 1 aliphatic heterocycles. The molecule has 8 heteroatoms. The van der Waals surface area contributed by atoms with Crippen LogP contribution in [0.25, 0.3) is 11.0 Å². The number of ether oxygens (including phenoxy) is 2. The largest absolute Gasteiger partial charge is 0.454 e. The van der Waals surface area contributed by atoms with E-state index in [2.05, 4.69) is 17.2 Å². The maximum atomic E-state index is 13.7. The van der Waals surface area contributed by atoms with Gasteiger partial charge in [-0.1, -0.05) is 37.3 Å². The number of hydrogen-bond donors (Lipinski definition) is 1. The molecule has 190 valence electrons. The number of anilines is 1. The Labute approximate surface area is 215 Å². The molecule has 2 aromatic carbocycles. The molecule has 1 N–H and O–H groups in total. The van der Waals surface area contributed by atoms with E-state index in [9.17, 15) is 9.59 Å². The summed E-state index contributed by atoms with van der Waals surface area (Å²) in [6, 6.07) is 18.2. The van der Waals surface area contributed by atoms with Crippen molar-refractivity contribution >= 4 is 28.5 Å². The van der Waals surface area contributed by atoms with Crippen molar-refractivity contribution in [3.05, 3.63) is 83.7 Å². The Balaban J connectivity index is 1.40. The molecule has 0 bridgehead atoms. The third-order valence-corrected chi connectivity index (χ3v) is 6.85. The van der Waals surface area contributed by atoms with Crippen molar-refractivity contribution in [1.82, 2.24) is 14.9 Å². The van der Waals surface area contributed by atoms with E-state index in [4.69, 9.17) is 9.47 Å². The molecule has 4 aromatic rings. The van der Waals surface area contributed by atoms with E-state index in [-0.39, 0.29) is 25.2 Å². The first kappa shape index (κ1) is 24.4. The van der Waals surface area contributed by atoms with E-state index in [0.717, 1.165) is 28.7 Å². The number of fused-ring (bicyclic) bond motifs is 2. The second kappa shape index (κ2) is 10.3. The smallest absolute Gasteiger partial charge is 0.249 e. The van der Waals surface area contributed by atoms with Gasteiger partial charge in [-0.2, -0.15) is 0 Å². The summed E-state index contributed by atoms with van der Waals surface area (Å²) in [5.74, 6) is 0.766. The van der Waals surface area contributed by atoms with Crippen LogP contribution in [-0.2, 0) is 29.0 Å². The molecular weight excluding hydrogens is 468 g/mol. The van der Waals surface area contributed by atoms with Gasteiger partial charge in [0.2, 0.25) is 18.6 Å². The van der Waals surface area contributed by atoms with Crippen LogP contribution in [0.5, 0.6) is 11.5 Å². The summed E-state index contributed by atoms with van der Waals surface area (Å²) in [6.45, 7) is 4.34. The molecule has 0 fully saturated rings. The van der Waals surface area contributed by atoms with Crippen LogP contribution < -0.4 is 19.7 Å². The van der Waals surface area contributed by atoms with Crippen molar-refractivity contribution in [3.63, 3.8) is 0 Å². The highest BCUT2D eigenvalue weighted by Crippen LogP contribution is 2.35. The number of nitrogens with zero attached hydrogens (tertiary/aromatic N) is 3. The number of pyridine rings is 1. The van der Waals surface area contributed by atoms with E-state index in [1.807, 2.05) is 54.0 Å². The Morgan fingerprint density at radius 2 is 1.86 bits per heavy atom. The van der Waals surface area contributed by atoms with Crippen LogP contribution in [0.3, 0.4) is 0 Å². The summed E-state index contributed by atoms with van der Waals surface area (Å²) in [6.07, 6.45) is 2.94. The molecule has 0 spiro atoms. The van der Waals surface area contributed by atoms with Gasteiger partial charge in [-0.25, -0.2) is 4.98 Å². The van der Waals surface area contributed by atoms with Crippen LogP contribution in [-0.4, -0.2) is 41.2 Å². The maximum Gasteiger partial charge on any atom is 0.249 e. The number of carbonyl (C=O) groups is 2. The molecule has 37 heavy (non-hydrogen) atoms. The van der Waals surface area contributed by atoms with Gasteiger partial charge in [0.05, 0.1) is 0 Å². The lowest BCUT2D eigenvalue weighted by Gasteiger charge is -2.25. The Morgan fingerprint density at radius 3 is 2.65 bits per heavy atom. The Kier molecular flexibility index (Phi) is 6.81. The topological polar surface area (TPSA) is 85.7 Å². The van der Waals surface area contributed by atoms with Crippen LogP contribution in [0, 0.1) is 6.92 Å². The molecule has 0 saturated carbocycles. The molecule has 5 rings (SSSR count). The predicted molar refractivity (Wildman–Crippen MR) is 142 cm³/mol. The standard InChI is InChI=1S/C29H30N4O4/c1-4-22-19(2)33(28-23(22)11-8-14-30-28)17-27(34)31-24(15-20-9-6-5-7-10-20)29(35)32(3)21-12-13-25-26(16-21)37-18-36-25/h5-14,16,24H,4,15,17-18H2,1-3H3,(H,31,34). The van der Waals surface area contributed by atoms with Gasteiger partial charge in [0.25, 0.3) is 0 Å². The zero-order chi connectivity index (χ0) is 25.9. The first-order valence-electron chi connectivity index (χ1n) is 12.4. The zero-order valence-electron chi connectivity index (χ0n) is 21.2. The minimum Gasteiger partial charge on any atom is -0.454 e. The molecule has 8 nitrogen and oxygen atoms in total. The number of nitrogens with one attached hydrogen (secondary N) is 1. The highest BCUT2D eigenvalue weighted by atomic mass is 16.7. The number of aryl methyl sites for hydroxylation is 1. The van der Waals surface area contributed by atoms with E-state index in [1.54, 1.807) is 36.3 Å². The molecule has 1 aliphatic rings. The van der Waals surface area contributed by atoms with Gasteiger partial charge >= 0.3 is 0 Å². The monoisotopic (exact) mass is 498 g/mol. The van der Waals surface area contributed by atoms with Crippen molar-refractivity contribution in [2.24, 2.45) is 0 Å². The van der Waals surface area contributed by atoms with Crippen molar-refractivity contribution in [2.75, 3.05) is 18.7 Å². The van der Waals surface area contributed by atoms with Gasteiger partial charge in [-0.05, 0) is 48.7 Å². The van der Waals surface area contributed by atoms with Gasteiger partial charge in [-0.3, -0.25) is 9.59 Å². The van der Waals surface area contributed by atoms with Crippen molar-refractivity contribution in [2.45, 2.75) is 39.3 Å². The normalized spacial score (nSPS) is 12.9. The minimum atomic E-state index is -0.758. The number of amides is 2. The minimum absolute atomic E-state index is 0.0751. The van der Waals surface area contributed by atoms with E-state index >= 15 is 0 Å². The number of aromatic nitrogens is 2. The first-order valence-corrected chi connectivity index (χ1v) is 12.4. The molecule has 1 unspecified atom stereocenters. The molecule has 0 aliphatic carbocycles. The summed E-state index contributed by atoms with van der Waals surface area (Å²) >= 11 is 0. The van der Waals surface area contributed by atoms with Gasteiger partial charge < -0.3 is 24.3 Å². The van der Waals surface area contributed by atoms with E-state index < -0.39 is 6.04 Å². The fourth-order valence-electron chi connectivity index (χ4n) is 4.89. The number of benzene rings is 2. The quantitative estimate of drug-likeness (QED) is 0.397. The molecule has 0 saturated heterocycles. The molecule has 0 radical (unpaired) electrons. The SMILES string of the molecule is CCc1c(C)n(CC(=O)NC(Cc2ccccc2)C(=O)N(C)c2ccc3c(c2)OCO3)c2ncccc12. The van der Waals surface area contributed by atoms with Crippen LogP contribution in [0.15, 0.2) is 66.9 Å². The molecule has 1 atom stereocenters. The lowest BCUT2D eigenvalue weighted by molar-refractivity contribution is -0.127. The Bertz CT molecular complexity index is 1450. The molecular formula is C29H30N4O4. The van der Waals surface area contributed by atoms with Gasteiger partial charge in [0, 0.05) is 42.5 Å². The van der Waals surface area contributed by atoms with Gasteiger partial charge in [0.15, 0.2) is 11.5 Å². The number of likely N-dealkylation sites (N-methyl/N-ethyl adjacent to an activating group) is 1. The van der Waals surface area contributed by atoms with Gasteiger partial charge in [0.1, 0.15) is 18.2 Å². The molecule has 2 aromatic heterocycles. The Morgan fingerprint density at radius 1 is 1.08 bits per heavy atom. The lowest BCUT2D eigenvalue weighted by Crippen LogP contribution is -2.49. The Hall–Kier alpha value is -4.33. The third kappa shape index (κ3) is 4.87. The summed E-state index contributed by atoms with van der Waals surface area (Å²) in [5, 5.41) is 4.05. The number of hydrogen-bond acceptors (Lipinski definition) is 5. The fourth-order valence-corrected chi connectivity index (χ4v) is 4.89. The second-order valence-corrected chi connectivity index (χ2v) is 9.12. The zero-order valence-corrected chi connectivity index (χ0v) is 21.2. The summed E-state index contributed by atoms with van der Waals surface area (Å²) in [4.78, 5) is 33.1. The number of rotatable bonds is 8. The van der Waals surface area contributed by atoms with Crippen LogP contribution in [0.2, 0.25) is 0 Å². The van der Waals surface area contributed by atoms with Crippen LogP contribution >= 0.6 is 0 Å². The van der Waals surface area contributed by atoms with Crippen molar-refractivity contribution < 1.29 is 19.1 Å². The first-order chi connectivity index (χ1) is 18.0.